The molecule has 0 spiro atoms. The van der Waals surface area contributed by atoms with E-state index in [2.05, 4.69) is 23.2 Å². The van der Waals surface area contributed by atoms with Crippen molar-refractivity contribution in [2.75, 3.05) is 0 Å². The van der Waals surface area contributed by atoms with Crippen molar-refractivity contribution in [2.45, 2.75) is 25.3 Å². The third-order valence-corrected chi connectivity index (χ3v) is 5.20. The summed E-state index contributed by atoms with van der Waals surface area (Å²) in [6.07, 6.45) is 4.24. The Balaban J connectivity index is 0.00000162. The first-order valence-corrected chi connectivity index (χ1v) is 9.03. The summed E-state index contributed by atoms with van der Waals surface area (Å²) in [5.74, 6) is -0.176. The first kappa shape index (κ1) is 14.9. The van der Waals surface area contributed by atoms with Crippen molar-refractivity contribution in [3.63, 3.8) is 0 Å². The van der Waals surface area contributed by atoms with E-state index in [4.69, 9.17) is 0 Å². The quantitative estimate of drug-likeness (QED) is 0.809. The van der Waals surface area contributed by atoms with E-state index >= 15 is 0 Å². The number of nitrogens with zero attached hydrogens (tertiary/aromatic N) is 3. The van der Waals surface area contributed by atoms with E-state index in [1.807, 2.05) is 16.8 Å². The summed E-state index contributed by atoms with van der Waals surface area (Å²) in [6, 6.07) is 7.80. The Morgan fingerprint density at radius 2 is 1.89 bits per heavy atom. The molecule has 3 nitrogen and oxygen atoms in total. The van der Waals surface area contributed by atoms with Crippen LogP contribution in [0.1, 0.15) is 5.56 Å². The van der Waals surface area contributed by atoms with Gasteiger partial charge in [0.2, 0.25) is 0 Å². The molecule has 0 saturated heterocycles. The number of halogens is 2. The van der Waals surface area contributed by atoms with E-state index in [0.717, 1.165) is 12.2 Å². The fourth-order valence-electron chi connectivity index (χ4n) is 1.96. The van der Waals surface area contributed by atoms with Gasteiger partial charge in [0.1, 0.15) is 18.5 Å². The summed E-state index contributed by atoms with van der Waals surface area (Å²) in [5.41, 5.74) is 1.20. The Hall–Kier alpha value is -1.20. The van der Waals surface area contributed by atoms with Gasteiger partial charge < -0.3 is 0 Å². The van der Waals surface area contributed by atoms with E-state index in [1.54, 1.807) is 12.7 Å². The lowest BCUT2D eigenvalue weighted by Gasteiger charge is -2.22. The molecule has 2 rings (SSSR count). The van der Waals surface area contributed by atoms with Crippen LogP contribution in [0.5, 0.6) is 0 Å². The summed E-state index contributed by atoms with van der Waals surface area (Å²) in [7, 11) is -1.43. The van der Waals surface area contributed by atoms with Gasteiger partial charge in [-0.1, -0.05) is 30.8 Å². The van der Waals surface area contributed by atoms with Gasteiger partial charge in [-0.05, 0) is 18.2 Å². The van der Waals surface area contributed by atoms with Gasteiger partial charge >= 0.3 is 0 Å². The van der Waals surface area contributed by atoms with Gasteiger partial charge in [-0.2, -0.15) is 5.10 Å². The zero-order valence-corrected chi connectivity index (χ0v) is 12.3. The predicted molar refractivity (Wildman–Crippen MR) is 74.9 cm³/mol. The van der Waals surface area contributed by atoms with Crippen LogP contribution in [0.3, 0.4) is 0 Å². The molecule has 0 radical (unpaired) electrons. The van der Waals surface area contributed by atoms with Crippen molar-refractivity contribution in [1.82, 2.24) is 14.8 Å². The fraction of sp³-hybridized carbons (Fsp3) is 0.333. The van der Waals surface area contributed by atoms with Crippen molar-refractivity contribution in [3.8, 4) is 0 Å². The number of benzene rings is 1. The molecule has 1 aromatic carbocycles. The summed E-state index contributed by atoms with van der Waals surface area (Å²) < 4.78 is 14.7. The van der Waals surface area contributed by atoms with Crippen LogP contribution >= 0.6 is 12.4 Å². The van der Waals surface area contributed by atoms with Gasteiger partial charge in [-0.3, -0.25) is 4.68 Å². The van der Waals surface area contributed by atoms with Crippen molar-refractivity contribution in [1.29, 1.82) is 0 Å². The second-order valence-corrected chi connectivity index (χ2v) is 10.1. The van der Waals surface area contributed by atoms with Gasteiger partial charge in [0.25, 0.3) is 0 Å². The largest absolute Gasteiger partial charge is 0.256 e. The Kier molecular flexibility index (Phi) is 5.04. The van der Waals surface area contributed by atoms with Crippen LogP contribution in [0.2, 0.25) is 13.1 Å². The zero-order chi connectivity index (χ0) is 12.3. The van der Waals surface area contributed by atoms with Crippen LogP contribution in [-0.4, -0.2) is 22.8 Å². The van der Waals surface area contributed by atoms with Crippen LogP contribution in [0.4, 0.5) is 4.39 Å². The third-order valence-electron chi connectivity index (χ3n) is 2.65. The molecule has 0 aliphatic carbocycles. The Bertz CT molecular complexity index is 471. The number of hydrogen-bond donors (Lipinski definition) is 0. The van der Waals surface area contributed by atoms with Crippen LogP contribution in [0.25, 0.3) is 0 Å². The molecule has 0 N–H and O–H groups in total. The summed E-state index contributed by atoms with van der Waals surface area (Å²) >= 11 is 0. The average Bonchev–Trinajstić information content (AvgIpc) is 2.73. The fourth-order valence-corrected chi connectivity index (χ4v) is 4.46. The van der Waals surface area contributed by atoms with E-state index in [0.29, 0.717) is 0 Å². The average molecular weight is 286 g/mol. The highest BCUT2D eigenvalue weighted by atomic mass is 35.5. The molecule has 18 heavy (non-hydrogen) atoms. The predicted octanol–water partition coefficient (Wildman–Crippen LogP) is 2.87. The molecule has 0 amide bonds. The van der Waals surface area contributed by atoms with Crippen LogP contribution in [0.15, 0.2) is 36.9 Å². The standard InChI is InChI=1S/C12H16FN3Si.ClH/c1-17(2,10-16-9-14-8-15-16)7-11-3-5-12(13)6-4-11;/h3-6,8-9H,7,10H2,1-2H3;1H. The molecule has 0 aliphatic rings. The van der Waals surface area contributed by atoms with Crippen molar-refractivity contribution in [2.24, 2.45) is 0 Å². The van der Waals surface area contributed by atoms with Gasteiger partial charge in [0.15, 0.2) is 0 Å². The number of rotatable bonds is 4. The molecule has 0 unspecified atom stereocenters. The zero-order valence-electron chi connectivity index (χ0n) is 10.5. The smallest absolute Gasteiger partial charge is 0.137 e. The first-order chi connectivity index (χ1) is 8.05. The monoisotopic (exact) mass is 285 g/mol. The second kappa shape index (κ2) is 6.11. The molecule has 0 aliphatic heterocycles. The minimum Gasteiger partial charge on any atom is -0.256 e. The van der Waals surface area contributed by atoms with E-state index in [9.17, 15) is 4.39 Å². The maximum absolute atomic E-state index is 12.8. The maximum Gasteiger partial charge on any atom is 0.137 e. The summed E-state index contributed by atoms with van der Waals surface area (Å²) in [6.45, 7) is 4.61. The lowest BCUT2D eigenvalue weighted by molar-refractivity contribution is 0.627. The molecule has 0 bridgehead atoms. The highest BCUT2D eigenvalue weighted by Crippen LogP contribution is 2.14. The number of aromatic nitrogens is 3. The first-order valence-electron chi connectivity index (χ1n) is 5.62. The highest BCUT2D eigenvalue weighted by molar-refractivity contribution is 6.75. The van der Waals surface area contributed by atoms with Gasteiger partial charge in [0, 0.05) is 6.17 Å². The molecular weight excluding hydrogens is 269 g/mol. The van der Waals surface area contributed by atoms with Gasteiger partial charge in [0.05, 0.1) is 8.07 Å². The van der Waals surface area contributed by atoms with E-state index in [-0.39, 0.29) is 18.2 Å². The molecular formula is C12H17ClFN3Si. The number of hydrogen-bond acceptors (Lipinski definition) is 2. The van der Waals surface area contributed by atoms with Crippen LogP contribution in [0, 0.1) is 5.82 Å². The minimum absolute atomic E-state index is 0. The van der Waals surface area contributed by atoms with Gasteiger partial charge in [-0.25, -0.2) is 9.37 Å². The minimum atomic E-state index is -1.43. The molecule has 2 aromatic rings. The van der Waals surface area contributed by atoms with E-state index < -0.39 is 8.07 Å². The lowest BCUT2D eigenvalue weighted by Crippen LogP contribution is -2.36. The molecule has 0 atom stereocenters. The highest BCUT2D eigenvalue weighted by Gasteiger charge is 2.22. The molecule has 98 valence electrons. The molecule has 0 fully saturated rings. The molecule has 1 heterocycles. The van der Waals surface area contributed by atoms with Crippen molar-refractivity contribution in [3.05, 3.63) is 48.3 Å². The second-order valence-electron chi connectivity index (χ2n) is 5.06. The van der Waals surface area contributed by atoms with Gasteiger partial charge in [-0.15, -0.1) is 12.4 Å². The Morgan fingerprint density at radius 3 is 2.44 bits per heavy atom. The maximum atomic E-state index is 12.8. The topological polar surface area (TPSA) is 30.7 Å². The third kappa shape index (κ3) is 4.23. The molecule has 1 aromatic heterocycles. The Morgan fingerprint density at radius 1 is 1.22 bits per heavy atom. The lowest BCUT2D eigenvalue weighted by atomic mass is 10.2. The Labute approximate surface area is 113 Å². The SMILES string of the molecule is C[Si](C)(Cc1ccc(F)cc1)Cn1cncn1.Cl. The summed E-state index contributed by atoms with van der Waals surface area (Å²) in [4.78, 5) is 3.95. The van der Waals surface area contributed by atoms with Crippen LogP contribution in [-0.2, 0) is 12.2 Å². The normalized spacial score (nSPS) is 11.1. The summed E-state index contributed by atoms with van der Waals surface area (Å²) in [5, 5.41) is 4.14. The van der Waals surface area contributed by atoms with E-state index in [1.165, 1.54) is 17.7 Å². The van der Waals surface area contributed by atoms with Crippen LogP contribution < -0.4 is 0 Å². The van der Waals surface area contributed by atoms with Crippen molar-refractivity contribution < 1.29 is 4.39 Å². The molecule has 0 saturated carbocycles. The van der Waals surface area contributed by atoms with Crippen molar-refractivity contribution >= 4 is 20.5 Å². The molecule has 6 heteroatoms.